The SMILES string of the molecule is CCCCCCCCCCC(O)CN1CCN(c2ccccc2OCC)CC1. The van der Waals surface area contributed by atoms with Gasteiger partial charge in [-0.05, 0) is 25.5 Å². The number of aliphatic hydroxyl groups is 1. The zero-order valence-corrected chi connectivity index (χ0v) is 18.2. The van der Waals surface area contributed by atoms with E-state index in [0.29, 0.717) is 6.61 Å². The van der Waals surface area contributed by atoms with Crippen LogP contribution in [0.1, 0.15) is 71.6 Å². The monoisotopic (exact) mass is 390 g/mol. The van der Waals surface area contributed by atoms with Gasteiger partial charge in [0.1, 0.15) is 5.75 Å². The van der Waals surface area contributed by atoms with Crippen LogP contribution in [0.25, 0.3) is 0 Å². The second-order valence-electron chi connectivity index (χ2n) is 8.11. The van der Waals surface area contributed by atoms with Crippen molar-refractivity contribution in [2.75, 3.05) is 44.2 Å². The molecule has 1 N–H and O–H groups in total. The van der Waals surface area contributed by atoms with Gasteiger partial charge < -0.3 is 14.7 Å². The summed E-state index contributed by atoms with van der Waals surface area (Å²) in [5.74, 6) is 0.980. The molecule has 0 spiro atoms. The van der Waals surface area contributed by atoms with E-state index >= 15 is 0 Å². The molecule has 1 aromatic carbocycles. The second-order valence-corrected chi connectivity index (χ2v) is 8.11. The lowest BCUT2D eigenvalue weighted by Crippen LogP contribution is -2.48. The van der Waals surface area contributed by atoms with Gasteiger partial charge in [-0.1, -0.05) is 70.4 Å². The molecule has 1 saturated heterocycles. The van der Waals surface area contributed by atoms with E-state index in [1.54, 1.807) is 0 Å². The van der Waals surface area contributed by atoms with E-state index < -0.39 is 0 Å². The Morgan fingerprint density at radius 2 is 1.54 bits per heavy atom. The Labute approximate surface area is 172 Å². The van der Waals surface area contributed by atoms with Crippen LogP contribution in [0.5, 0.6) is 5.75 Å². The summed E-state index contributed by atoms with van der Waals surface area (Å²) in [4.78, 5) is 4.82. The molecule has 1 aromatic rings. The molecular formula is C24H42N2O2. The predicted molar refractivity (Wildman–Crippen MR) is 119 cm³/mol. The standard InChI is InChI=1S/C24H42N2O2/c1-3-5-6-7-8-9-10-11-14-22(27)21-25-17-19-26(20-18-25)23-15-12-13-16-24(23)28-4-2/h12-13,15-16,22,27H,3-11,14,17-21H2,1-2H3. The first-order valence-corrected chi connectivity index (χ1v) is 11.6. The second kappa shape index (κ2) is 13.8. The van der Waals surface area contributed by atoms with E-state index in [2.05, 4.69) is 34.9 Å². The minimum absolute atomic E-state index is 0.178. The number of piperazine rings is 1. The Bertz CT molecular complexity index is 515. The maximum atomic E-state index is 10.4. The van der Waals surface area contributed by atoms with E-state index in [9.17, 15) is 5.11 Å². The van der Waals surface area contributed by atoms with Gasteiger partial charge in [-0.15, -0.1) is 0 Å². The zero-order chi connectivity index (χ0) is 20.0. The Morgan fingerprint density at radius 1 is 0.893 bits per heavy atom. The maximum absolute atomic E-state index is 10.4. The molecular weight excluding hydrogens is 348 g/mol. The van der Waals surface area contributed by atoms with Gasteiger partial charge in [0.25, 0.3) is 0 Å². The molecule has 2 rings (SSSR count). The number of ether oxygens (including phenoxy) is 1. The van der Waals surface area contributed by atoms with E-state index in [1.807, 2.05) is 13.0 Å². The van der Waals surface area contributed by atoms with Crippen LogP contribution >= 0.6 is 0 Å². The summed E-state index contributed by atoms with van der Waals surface area (Å²) in [5.41, 5.74) is 1.20. The number of nitrogens with zero attached hydrogens (tertiary/aromatic N) is 2. The van der Waals surface area contributed by atoms with Crippen molar-refractivity contribution in [3.63, 3.8) is 0 Å². The predicted octanol–water partition coefficient (Wildman–Crippen LogP) is 5.10. The lowest BCUT2D eigenvalue weighted by Gasteiger charge is -2.37. The molecule has 0 bridgehead atoms. The fourth-order valence-corrected chi connectivity index (χ4v) is 4.07. The summed E-state index contributed by atoms with van der Waals surface area (Å²) in [7, 11) is 0. The minimum atomic E-state index is -0.178. The molecule has 4 heteroatoms. The zero-order valence-electron chi connectivity index (χ0n) is 18.2. The first-order chi connectivity index (χ1) is 13.7. The number of aliphatic hydroxyl groups excluding tert-OH is 1. The first-order valence-electron chi connectivity index (χ1n) is 11.6. The molecule has 28 heavy (non-hydrogen) atoms. The number of β-amino-alcohol motifs (C(OH)–C–C–N with tert-alkyl or cyclic N) is 1. The number of benzene rings is 1. The maximum Gasteiger partial charge on any atom is 0.142 e. The number of hydrogen-bond donors (Lipinski definition) is 1. The van der Waals surface area contributed by atoms with Crippen LogP contribution in [-0.4, -0.2) is 55.4 Å². The largest absolute Gasteiger partial charge is 0.492 e. The fraction of sp³-hybridized carbons (Fsp3) is 0.750. The third-order valence-corrected chi connectivity index (χ3v) is 5.74. The summed E-state index contributed by atoms with van der Waals surface area (Å²) in [6, 6.07) is 8.32. The molecule has 0 aromatic heterocycles. The molecule has 1 aliphatic heterocycles. The van der Waals surface area contributed by atoms with Gasteiger partial charge in [-0.3, -0.25) is 4.90 Å². The van der Waals surface area contributed by atoms with Crippen LogP contribution in [0.4, 0.5) is 5.69 Å². The number of hydrogen-bond acceptors (Lipinski definition) is 4. The molecule has 0 aliphatic carbocycles. The summed E-state index contributed by atoms with van der Waals surface area (Å²) in [6.45, 7) is 9.82. The molecule has 1 unspecified atom stereocenters. The van der Waals surface area contributed by atoms with Crippen LogP contribution in [0.15, 0.2) is 24.3 Å². The Morgan fingerprint density at radius 3 is 2.21 bits per heavy atom. The highest BCUT2D eigenvalue weighted by Gasteiger charge is 2.21. The third-order valence-electron chi connectivity index (χ3n) is 5.74. The fourth-order valence-electron chi connectivity index (χ4n) is 4.07. The first kappa shape index (κ1) is 23.0. The van der Waals surface area contributed by atoms with E-state index in [1.165, 1.54) is 50.6 Å². The van der Waals surface area contributed by atoms with E-state index in [4.69, 9.17) is 4.74 Å². The minimum Gasteiger partial charge on any atom is -0.492 e. The highest BCUT2D eigenvalue weighted by molar-refractivity contribution is 5.58. The van der Waals surface area contributed by atoms with Crippen LogP contribution < -0.4 is 9.64 Å². The van der Waals surface area contributed by atoms with Crippen LogP contribution in [-0.2, 0) is 0 Å². The van der Waals surface area contributed by atoms with Crippen molar-refractivity contribution in [3.05, 3.63) is 24.3 Å². The van der Waals surface area contributed by atoms with Crippen molar-refractivity contribution >= 4 is 5.69 Å². The van der Waals surface area contributed by atoms with Crippen LogP contribution in [0, 0.1) is 0 Å². The number of unbranched alkanes of at least 4 members (excludes halogenated alkanes) is 7. The number of rotatable bonds is 14. The average Bonchev–Trinajstić information content (AvgIpc) is 2.71. The molecule has 1 aliphatic rings. The Kier molecular flexibility index (Phi) is 11.4. The number of para-hydroxylation sites is 2. The van der Waals surface area contributed by atoms with Gasteiger partial charge in [0.2, 0.25) is 0 Å². The molecule has 0 radical (unpaired) electrons. The van der Waals surface area contributed by atoms with Crippen molar-refractivity contribution < 1.29 is 9.84 Å². The molecule has 160 valence electrons. The normalized spacial score (nSPS) is 16.3. The lowest BCUT2D eigenvalue weighted by atomic mass is 10.1. The molecule has 1 atom stereocenters. The summed E-state index contributed by atoms with van der Waals surface area (Å²) in [5, 5.41) is 10.4. The van der Waals surface area contributed by atoms with Crippen molar-refractivity contribution in [3.8, 4) is 5.75 Å². The van der Waals surface area contributed by atoms with Crippen molar-refractivity contribution in [1.82, 2.24) is 4.90 Å². The van der Waals surface area contributed by atoms with Crippen molar-refractivity contribution in [2.45, 2.75) is 77.7 Å². The van der Waals surface area contributed by atoms with Gasteiger partial charge in [0, 0.05) is 32.7 Å². The summed E-state index contributed by atoms with van der Waals surface area (Å²) >= 11 is 0. The Balaban J connectivity index is 1.59. The number of anilines is 1. The summed E-state index contributed by atoms with van der Waals surface area (Å²) in [6.07, 6.45) is 11.4. The molecule has 1 heterocycles. The Hall–Kier alpha value is -1.26. The van der Waals surface area contributed by atoms with Crippen molar-refractivity contribution in [1.29, 1.82) is 0 Å². The van der Waals surface area contributed by atoms with E-state index in [0.717, 1.165) is 51.3 Å². The highest BCUT2D eigenvalue weighted by atomic mass is 16.5. The van der Waals surface area contributed by atoms with Crippen LogP contribution in [0.2, 0.25) is 0 Å². The van der Waals surface area contributed by atoms with Gasteiger partial charge in [-0.25, -0.2) is 0 Å². The smallest absolute Gasteiger partial charge is 0.142 e. The van der Waals surface area contributed by atoms with Gasteiger partial charge in [-0.2, -0.15) is 0 Å². The van der Waals surface area contributed by atoms with Crippen molar-refractivity contribution in [2.24, 2.45) is 0 Å². The quantitative estimate of drug-likeness (QED) is 0.448. The van der Waals surface area contributed by atoms with E-state index in [-0.39, 0.29) is 6.10 Å². The molecule has 0 saturated carbocycles. The van der Waals surface area contributed by atoms with Gasteiger partial charge in [0.15, 0.2) is 0 Å². The van der Waals surface area contributed by atoms with Gasteiger partial charge >= 0.3 is 0 Å². The average molecular weight is 391 g/mol. The third kappa shape index (κ3) is 8.40. The molecule has 1 fully saturated rings. The van der Waals surface area contributed by atoms with Gasteiger partial charge in [0.05, 0.1) is 18.4 Å². The molecule has 0 amide bonds. The topological polar surface area (TPSA) is 35.9 Å². The summed E-state index contributed by atoms with van der Waals surface area (Å²) < 4.78 is 5.78. The molecule has 4 nitrogen and oxygen atoms in total. The lowest BCUT2D eigenvalue weighted by molar-refractivity contribution is 0.0996. The van der Waals surface area contributed by atoms with Crippen LogP contribution in [0.3, 0.4) is 0 Å². The highest BCUT2D eigenvalue weighted by Crippen LogP contribution is 2.28.